The molecule has 0 bridgehead atoms. The molecular weight excluding hydrogens is 464 g/mol. The lowest BCUT2D eigenvalue weighted by atomic mass is 9.90. The average molecular weight is 493 g/mol. The quantitative estimate of drug-likeness (QED) is 0.267. The highest BCUT2D eigenvalue weighted by molar-refractivity contribution is 6.02. The average Bonchev–Trinajstić information content (AvgIpc) is 3.29. The molecule has 0 amide bonds. The van der Waals surface area contributed by atoms with Crippen LogP contribution in [0.2, 0.25) is 0 Å². The van der Waals surface area contributed by atoms with Gasteiger partial charge in [-0.15, -0.1) is 0 Å². The number of nitrogens with zero attached hydrogens (tertiary/aromatic N) is 2. The molecule has 1 aliphatic heterocycles. The number of aromatic nitrogens is 1. The minimum Gasteiger partial charge on any atom is -0.466 e. The number of benzene rings is 3. The summed E-state index contributed by atoms with van der Waals surface area (Å²) in [7, 11) is 2.64. The van der Waals surface area contributed by atoms with Crippen LogP contribution in [0.15, 0.2) is 84.6 Å². The largest absolute Gasteiger partial charge is 0.466 e. The number of anilines is 1. The summed E-state index contributed by atoms with van der Waals surface area (Å²) < 4.78 is 12.5. The first-order chi connectivity index (χ1) is 18.1. The van der Waals surface area contributed by atoms with Gasteiger partial charge >= 0.3 is 11.9 Å². The van der Waals surface area contributed by atoms with Gasteiger partial charge in [-0.3, -0.25) is 0 Å². The maximum Gasteiger partial charge on any atom is 0.355 e. The number of ether oxygens (including phenoxy) is 2. The second kappa shape index (κ2) is 9.28. The van der Waals surface area contributed by atoms with E-state index in [0.717, 1.165) is 53.6 Å². The number of para-hydroxylation sites is 2. The lowest BCUT2D eigenvalue weighted by Gasteiger charge is -2.42. The molecule has 6 nitrogen and oxygen atoms in total. The van der Waals surface area contributed by atoms with Crippen molar-refractivity contribution in [1.29, 1.82) is 0 Å². The summed E-state index contributed by atoms with van der Waals surface area (Å²) in [6.07, 6.45) is 5.07. The van der Waals surface area contributed by atoms with E-state index in [1.807, 2.05) is 41.3 Å². The highest BCUT2D eigenvalue weighted by Crippen LogP contribution is 2.49. The van der Waals surface area contributed by atoms with Gasteiger partial charge in [0.1, 0.15) is 11.9 Å². The van der Waals surface area contributed by atoms with Gasteiger partial charge in [-0.1, -0.05) is 60.7 Å². The maximum absolute atomic E-state index is 13.3. The predicted molar refractivity (Wildman–Crippen MR) is 143 cm³/mol. The fourth-order valence-corrected chi connectivity index (χ4v) is 5.98. The molecule has 0 radical (unpaired) electrons. The molecule has 1 aromatic heterocycles. The monoisotopic (exact) mass is 492 g/mol. The number of carbonyl (C=O) groups is 2. The van der Waals surface area contributed by atoms with Crippen molar-refractivity contribution in [3.05, 3.63) is 101 Å². The Bertz CT molecular complexity index is 1560. The van der Waals surface area contributed by atoms with Crippen molar-refractivity contribution >= 4 is 28.5 Å². The van der Waals surface area contributed by atoms with Gasteiger partial charge in [-0.25, -0.2) is 9.59 Å². The van der Waals surface area contributed by atoms with Gasteiger partial charge in [-0.05, 0) is 48.9 Å². The number of aryl methyl sites for hydroxylation is 1. The van der Waals surface area contributed by atoms with Crippen molar-refractivity contribution in [2.75, 3.05) is 19.1 Å². The van der Waals surface area contributed by atoms with Crippen molar-refractivity contribution in [2.24, 2.45) is 0 Å². The lowest BCUT2D eigenvalue weighted by Crippen LogP contribution is -2.40. The molecule has 1 aliphatic carbocycles. The number of carbonyl (C=O) groups excluding carboxylic acids is 2. The Hall–Kier alpha value is -4.32. The molecule has 0 N–H and O–H groups in total. The zero-order valence-electron chi connectivity index (χ0n) is 20.9. The first-order valence-electron chi connectivity index (χ1n) is 12.6. The molecule has 0 saturated heterocycles. The van der Waals surface area contributed by atoms with Crippen molar-refractivity contribution in [3.63, 3.8) is 0 Å². The van der Waals surface area contributed by atoms with Crippen LogP contribution in [0.25, 0.3) is 22.0 Å². The van der Waals surface area contributed by atoms with Gasteiger partial charge < -0.3 is 18.9 Å². The molecule has 0 saturated carbocycles. The Balaban J connectivity index is 1.72. The topological polar surface area (TPSA) is 60.8 Å². The van der Waals surface area contributed by atoms with E-state index in [1.54, 1.807) is 0 Å². The minimum absolute atomic E-state index is 0.128. The van der Waals surface area contributed by atoms with Crippen LogP contribution in [-0.4, -0.2) is 30.7 Å². The van der Waals surface area contributed by atoms with E-state index in [9.17, 15) is 9.59 Å². The van der Waals surface area contributed by atoms with E-state index in [0.29, 0.717) is 0 Å². The highest BCUT2D eigenvalue weighted by atomic mass is 16.5. The number of fused-ring (bicyclic) bond motifs is 6. The number of hydrogen-bond acceptors (Lipinski definition) is 5. The van der Waals surface area contributed by atoms with Crippen molar-refractivity contribution in [2.45, 2.75) is 31.8 Å². The Labute approximate surface area is 215 Å². The first-order valence-corrected chi connectivity index (χ1v) is 12.6. The number of esters is 2. The van der Waals surface area contributed by atoms with Crippen molar-refractivity contribution in [1.82, 2.24) is 4.57 Å². The maximum atomic E-state index is 13.3. The summed E-state index contributed by atoms with van der Waals surface area (Å²) in [5.74, 6) is -1.22. The van der Waals surface area contributed by atoms with Crippen LogP contribution in [0, 0.1) is 0 Å². The molecular formula is C31H28N2O4. The molecule has 2 heterocycles. The molecule has 6 heteroatoms. The number of methoxy groups -OCH3 is 2. The van der Waals surface area contributed by atoms with Gasteiger partial charge in [0.2, 0.25) is 0 Å². The van der Waals surface area contributed by atoms with Crippen molar-refractivity contribution in [3.8, 4) is 11.1 Å². The Kier molecular flexibility index (Phi) is 5.80. The first kappa shape index (κ1) is 23.1. The van der Waals surface area contributed by atoms with Crippen LogP contribution in [-0.2, 0) is 31.9 Å². The molecule has 37 heavy (non-hydrogen) atoms. The summed E-state index contributed by atoms with van der Waals surface area (Å²) in [6, 6.07) is 24.8. The van der Waals surface area contributed by atoms with E-state index in [-0.39, 0.29) is 5.70 Å². The van der Waals surface area contributed by atoms with Crippen LogP contribution >= 0.6 is 0 Å². The minimum atomic E-state index is -0.616. The van der Waals surface area contributed by atoms with Gasteiger partial charge in [0, 0.05) is 22.2 Å². The Morgan fingerprint density at radius 2 is 1.54 bits per heavy atom. The van der Waals surface area contributed by atoms with Gasteiger partial charge in [0.15, 0.2) is 0 Å². The molecule has 2 aliphatic rings. The second-order valence-corrected chi connectivity index (χ2v) is 9.41. The van der Waals surface area contributed by atoms with E-state index in [1.165, 1.54) is 36.9 Å². The number of hydrogen-bond donors (Lipinski definition) is 0. The lowest BCUT2D eigenvalue weighted by molar-refractivity contribution is -0.138. The van der Waals surface area contributed by atoms with Crippen LogP contribution in [0.5, 0.6) is 0 Å². The number of rotatable bonds is 4. The molecule has 1 unspecified atom stereocenters. The molecule has 0 spiro atoms. The molecule has 3 aromatic carbocycles. The smallest absolute Gasteiger partial charge is 0.355 e. The second-order valence-electron chi connectivity index (χ2n) is 9.41. The molecule has 6 rings (SSSR count). The summed E-state index contributed by atoms with van der Waals surface area (Å²) in [5, 5.41) is 1.24. The normalized spacial score (nSPS) is 16.5. The summed E-state index contributed by atoms with van der Waals surface area (Å²) in [6.45, 7) is 0. The highest BCUT2D eigenvalue weighted by Gasteiger charge is 2.39. The zero-order valence-corrected chi connectivity index (χ0v) is 20.9. The van der Waals surface area contributed by atoms with Crippen LogP contribution in [0.3, 0.4) is 0 Å². The standard InChI is InChI=1S/C31H28N2O4/c1-36-29(34)19-28(31(35)37-2)33-25-16-8-5-12-21(25)20-11-3-4-15-24(20)30(33)32-26-17-9-6-13-22(26)23-14-7-10-18-27(23)32/h3-6,8-9,11-13,15-17,19,30H,7,10,14,18H2,1-2H3/b28-19-. The van der Waals surface area contributed by atoms with Gasteiger partial charge in [0.25, 0.3) is 0 Å². The third-order valence-electron chi connectivity index (χ3n) is 7.51. The fraction of sp³-hybridized carbons (Fsp3) is 0.226. The zero-order chi connectivity index (χ0) is 25.5. The molecule has 1 atom stereocenters. The van der Waals surface area contributed by atoms with Crippen LogP contribution in [0.1, 0.15) is 35.8 Å². The third kappa shape index (κ3) is 3.63. The SMILES string of the molecule is COC(=O)/C=C(/C(=O)OC)N1c2ccccc2-c2ccccc2C1n1c2c(c3ccccc31)CCCC2. The van der Waals surface area contributed by atoms with E-state index < -0.39 is 18.1 Å². The van der Waals surface area contributed by atoms with Gasteiger partial charge in [-0.2, -0.15) is 0 Å². The van der Waals surface area contributed by atoms with Crippen LogP contribution in [0.4, 0.5) is 5.69 Å². The van der Waals surface area contributed by atoms with E-state index in [4.69, 9.17) is 9.47 Å². The van der Waals surface area contributed by atoms with E-state index in [2.05, 4.69) is 41.0 Å². The third-order valence-corrected chi connectivity index (χ3v) is 7.51. The van der Waals surface area contributed by atoms with E-state index >= 15 is 0 Å². The van der Waals surface area contributed by atoms with Crippen molar-refractivity contribution < 1.29 is 19.1 Å². The molecule has 186 valence electrons. The Morgan fingerprint density at radius 3 is 2.35 bits per heavy atom. The molecule has 0 fully saturated rings. The Morgan fingerprint density at radius 1 is 0.838 bits per heavy atom. The molecule has 4 aromatic rings. The summed E-state index contributed by atoms with van der Waals surface area (Å²) in [5.41, 5.74) is 7.85. The van der Waals surface area contributed by atoms with Gasteiger partial charge in [0.05, 0.1) is 31.5 Å². The fourth-order valence-electron chi connectivity index (χ4n) is 5.98. The summed E-state index contributed by atoms with van der Waals surface area (Å²) >= 11 is 0. The summed E-state index contributed by atoms with van der Waals surface area (Å²) in [4.78, 5) is 27.8. The van der Waals surface area contributed by atoms with Crippen LogP contribution < -0.4 is 4.90 Å². The predicted octanol–water partition coefficient (Wildman–Crippen LogP) is 5.78.